The lowest BCUT2D eigenvalue weighted by Gasteiger charge is -2.26. The van der Waals surface area contributed by atoms with Gasteiger partial charge in [-0.15, -0.1) is 0 Å². The first-order chi connectivity index (χ1) is 9.84. The van der Waals surface area contributed by atoms with Crippen molar-refractivity contribution in [1.82, 2.24) is 5.32 Å². The highest BCUT2D eigenvalue weighted by atomic mass is 32.2. The molecule has 0 aromatic heterocycles. The lowest BCUT2D eigenvalue weighted by molar-refractivity contribution is -0.123. The van der Waals surface area contributed by atoms with E-state index in [0.29, 0.717) is 12.8 Å². The molecular formula is C16H21NO3S. The number of benzene rings is 1. The number of fused-ring (bicyclic) bond motifs is 1. The summed E-state index contributed by atoms with van der Waals surface area (Å²) in [6.45, 7) is 3.05. The molecule has 21 heavy (non-hydrogen) atoms. The van der Waals surface area contributed by atoms with Crippen molar-refractivity contribution in [2.75, 3.05) is 0 Å². The van der Waals surface area contributed by atoms with E-state index in [9.17, 15) is 13.2 Å². The summed E-state index contributed by atoms with van der Waals surface area (Å²) in [6, 6.07) is 7.95. The molecule has 0 bridgehead atoms. The largest absolute Gasteiger partial charge is 0.348 e. The maximum absolute atomic E-state index is 12.5. The molecule has 0 saturated heterocycles. The Labute approximate surface area is 125 Å². The molecule has 2 aliphatic carbocycles. The molecule has 0 aliphatic heterocycles. The van der Waals surface area contributed by atoms with Crippen molar-refractivity contribution in [3.8, 4) is 0 Å². The van der Waals surface area contributed by atoms with Gasteiger partial charge in [-0.3, -0.25) is 4.79 Å². The molecular weight excluding hydrogens is 286 g/mol. The molecule has 3 rings (SSSR count). The van der Waals surface area contributed by atoms with Gasteiger partial charge < -0.3 is 5.32 Å². The van der Waals surface area contributed by atoms with Gasteiger partial charge in [0, 0.05) is 0 Å². The minimum absolute atomic E-state index is 0.0672. The molecule has 1 amide bonds. The van der Waals surface area contributed by atoms with E-state index in [2.05, 4.69) is 11.4 Å². The summed E-state index contributed by atoms with van der Waals surface area (Å²) in [5, 5.41) is 2.62. The third-order valence-electron chi connectivity index (χ3n) is 4.66. The summed E-state index contributed by atoms with van der Waals surface area (Å²) in [7, 11) is -3.40. The van der Waals surface area contributed by atoms with E-state index in [0.717, 1.165) is 18.4 Å². The topological polar surface area (TPSA) is 63.2 Å². The van der Waals surface area contributed by atoms with Crippen molar-refractivity contribution in [2.24, 2.45) is 0 Å². The highest BCUT2D eigenvalue weighted by Crippen LogP contribution is 2.37. The van der Waals surface area contributed by atoms with Gasteiger partial charge in [0.15, 0.2) is 9.84 Å². The Morgan fingerprint density at radius 1 is 1.19 bits per heavy atom. The molecule has 0 spiro atoms. The van der Waals surface area contributed by atoms with Crippen molar-refractivity contribution in [1.29, 1.82) is 0 Å². The highest BCUT2D eigenvalue weighted by molar-refractivity contribution is 7.94. The van der Waals surface area contributed by atoms with Gasteiger partial charge in [0.1, 0.15) is 4.75 Å². The smallest absolute Gasteiger partial charge is 0.241 e. The van der Waals surface area contributed by atoms with Crippen molar-refractivity contribution in [3.63, 3.8) is 0 Å². The van der Waals surface area contributed by atoms with Gasteiger partial charge in [-0.25, -0.2) is 8.42 Å². The van der Waals surface area contributed by atoms with Crippen LogP contribution in [-0.2, 0) is 21.1 Å². The third-order valence-corrected chi connectivity index (χ3v) is 7.62. The Morgan fingerprint density at radius 2 is 1.86 bits per heavy atom. The fourth-order valence-electron chi connectivity index (χ4n) is 2.96. The molecule has 1 fully saturated rings. The van der Waals surface area contributed by atoms with Crippen molar-refractivity contribution in [3.05, 3.63) is 35.4 Å². The van der Waals surface area contributed by atoms with Crippen LogP contribution < -0.4 is 5.32 Å². The molecule has 2 aliphatic rings. The van der Waals surface area contributed by atoms with E-state index in [1.807, 2.05) is 18.2 Å². The first-order valence-corrected chi connectivity index (χ1v) is 9.01. The molecule has 1 unspecified atom stereocenters. The average Bonchev–Trinajstić information content (AvgIpc) is 3.23. The minimum Gasteiger partial charge on any atom is -0.348 e. The number of amides is 1. The predicted octanol–water partition coefficient (Wildman–Crippen LogP) is 2.15. The van der Waals surface area contributed by atoms with Gasteiger partial charge in [-0.2, -0.15) is 0 Å². The summed E-state index contributed by atoms with van der Waals surface area (Å²) < 4.78 is 23.5. The summed E-state index contributed by atoms with van der Waals surface area (Å²) in [4.78, 5) is 12.5. The number of sulfone groups is 1. The molecule has 1 saturated carbocycles. The molecule has 4 nitrogen and oxygen atoms in total. The lowest BCUT2D eigenvalue weighted by atomic mass is 10.1. The zero-order chi connectivity index (χ0) is 15.3. The first-order valence-electron chi connectivity index (χ1n) is 7.46. The zero-order valence-electron chi connectivity index (χ0n) is 12.4. The lowest BCUT2D eigenvalue weighted by Crippen LogP contribution is -2.50. The molecule has 5 heteroatoms. The second-order valence-electron chi connectivity index (χ2n) is 6.52. The van der Waals surface area contributed by atoms with Crippen LogP contribution in [-0.4, -0.2) is 24.3 Å². The standard InChI is InChI=1S/C16H21NO3S/c1-16(2,21(19,20)12-8-9-12)15(18)17-14-10-7-11-5-3-4-6-13(11)14/h3-6,12,14H,7-10H2,1-2H3,(H,17,18). The number of aryl methyl sites for hydroxylation is 1. The number of hydrogen-bond acceptors (Lipinski definition) is 3. The Hall–Kier alpha value is -1.36. The monoisotopic (exact) mass is 307 g/mol. The van der Waals surface area contributed by atoms with Crippen LogP contribution in [0.5, 0.6) is 0 Å². The summed E-state index contributed by atoms with van der Waals surface area (Å²) >= 11 is 0. The second-order valence-corrected chi connectivity index (χ2v) is 9.30. The number of carbonyl (C=O) groups excluding carboxylic acids is 1. The summed E-state index contributed by atoms with van der Waals surface area (Å²) in [5.74, 6) is -0.379. The first kappa shape index (κ1) is 14.6. The van der Waals surface area contributed by atoms with Crippen LogP contribution in [0.2, 0.25) is 0 Å². The summed E-state index contributed by atoms with van der Waals surface area (Å²) in [6.07, 6.45) is 3.14. The van der Waals surface area contributed by atoms with Crippen molar-refractivity contribution >= 4 is 15.7 Å². The van der Waals surface area contributed by atoms with E-state index >= 15 is 0 Å². The fraction of sp³-hybridized carbons (Fsp3) is 0.562. The van der Waals surface area contributed by atoms with Crippen LogP contribution in [0.1, 0.15) is 50.3 Å². The van der Waals surface area contributed by atoms with Gasteiger partial charge >= 0.3 is 0 Å². The Balaban J connectivity index is 1.78. The number of hydrogen-bond donors (Lipinski definition) is 1. The van der Waals surface area contributed by atoms with Crippen LogP contribution in [0.15, 0.2) is 24.3 Å². The van der Waals surface area contributed by atoms with Gasteiger partial charge in [-0.05, 0) is 50.7 Å². The number of rotatable bonds is 4. The Morgan fingerprint density at radius 3 is 2.52 bits per heavy atom. The van der Waals surface area contributed by atoms with Crippen LogP contribution in [0.4, 0.5) is 0 Å². The van der Waals surface area contributed by atoms with Gasteiger partial charge in [0.2, 0.25) is 5.91 Å². The SMILES string of the molecule is CC(C)(C(=O)NC1CCc2ccccc21)S(=O)(=O)C1CC1. The van der Waals surface area contributed by atoms with E-state index < -0.39 is 14.6 Å². The van der Waals surface area contributed by atoms with Gasteiger partial charge in [0.05, 0.1) is 11.3 Å². The molecule has 1 atom stereocenters. The van der Waals surface area contributed by atoms with Crippen LogP contribution in [0.25, 0.3) is 0 Å². The van der Waals surface area contributed by atoms with Gasteiger partial charge in [-0.1, -0.05) is 24.3 Å². The van der Waals surface area contributed by atoms with Crippen molar-refractivity contribution in [2.45, 2.75) is 55.6 Å². The molecule has 0 heterocycles. The number of carbonyl (C=O) groups is 1. The molecule has 0 radical (unpaired) electrons. The highest BCUT2D eigenvalue weighted by Gasteiger charge is 2.50. The molecule has 1 N–H and O–H groups in total. The maximum atomic E-state index is 12.5. The normalized spacial score (nSPS) is 21.9. The van der Waals surface area contributed by atoms with E-state index in [1.54, 1.807) is 0 Å². The van der Waals surface area contributed by atoms with Crippen LogP contribution >= 0.6 is 0 Å². The Bertz CT molecular complexity index is 675. The van der Waals surface area contributed by atoms with E-state index in [-0.39, 0.29) is 17.2 Å². The predicted molar refractivity (Wildman–Crippen MR) is 81.7 cm³/mol. The van der Waals surface area contributed by atoms with Gasteiger partial charge in [0.25, 0.3) is 0 Å². The maximum Gasteiger partial charge on any atom is 0.241 e. The third kappa shape index (κ3) is 2.37. The number of nitrogens with one attached hydrogen (secondary N) is 1. The Kier molecular flexibility index (Phi) is 3.35. The molecule has 1 aromatic carbocycles. The molecule has 114 valence electrons. The van der Waals surface area contributed by atoms with Crippen LogP contribution in [0, 0.1) is 0 Å². The molecule has 1 aromatic rings. The summed E-state index contributed by atoms with van der Waals surface area (Å²) in [5.41, 5.74) is 2.36. The van der Waals surface area contributed by atoms with E-state index in [1.165, 1.54) is 19.4 Å². The zero-order valence-corrected chi connectivity index (χ0v) is 13.2. The fourth-order valence-corrected chi connectivity index (χ4v) is 4.87. The second kappa shape index (κ2) is 4.83. The van der Waals surface area contributed by atoms with Crippen molar-refractivity contribution < 1.29 is 13.2 Å². The van der Waals surface area contributed by atoms with Crippen LogP contribution in [0.3, 0.4) is 0 Å². The van der Waals surface area contributed by atoms with E-state index in [4.69, 9.17) is 0 Å². The minimum atomic E-state index is -3.40. The average molecular weight is 307 g/mol. The quantitative estimate of drug-likeness (QED) is 0.927.